The number of hydrogen-bond acceptors (Lipinski definition) is 1. The van der Waals surface area contributed by atoms with Crippen LogP contribution < -0.4 is 4.90 Å². The zero-order valence-electron chi connectivity index (χ0n) is 31.2. The number of rotatable bonds is 7. The Balaban J connectivity index is 1.04. The summed E-state index contributed by atoms with van der Waals surface area (Å²) in [6.45, 7) is 0. The van der Waals surface area contributed by atoms with E-state index >= 15 is 0 Å². The van der Waals surface area contributed by atoms with Gasteiger partial charge in [0.2, 0.25) is 0 Å². The third kappa shape index (κ3) is 5.51. The van der Waals surface area contributed by atoms with E-state index in [4.69, 9.17) is 0 Å². The van der Waals surface area contributed by atoms with Gasteiger partial charge in [-0.1, -0.05) is 140 Å². The molecule has 0 aliphatic heterocycles. The van der Waals surface area contributed by atoms with Gasteiger partial charge in [0, 0.05) is 50.0 Å². The number of fused-ring (bicyclic) bond motifs is 6. The van der Waals surface area contributed by atoms with Crippen LogP contribution in [0.15, 0.2) is 224 Å². The lowest BCUT2D eigenvalue weighted by atomic mass is 9.98. The van der Waals surface area contributed by atoms with Crippen molar-refractivity contribution in [1.82, 2.24) is 9.13 Å². The Kier molecular flexibility index (Phi) is 7.82. The maximum absolute atomic E-state index is 2.42. The van der Waals surface area contributed by atoms with Crippen molar-refractivity contribution < 1.29 is 0 Å². The lowest BCUT2D eigenvalue weighted by Crippen LogP contribution is -2.10. The van der Waals surface area contributed by atoms with E-state index < -0.39 is 0 Å². The summed E-state index contributed by atoms with van der Waals surface area (Å²) in [5.74, 6) is 0. The first-order chi connectivity index (χ1) is 28.3. The molecule has 0 fully saturated rings. The van der Waals surface area contributed by atoms with Crippen LogP contribution in [0, 0.1) is 0 Å². The SMILES string of the molecule is c1ccc(-c2ccc(N(c3ccccc3)c3ccc(-n4c5ccccc5c5c(-c6ccc7c8ccccc8n(-c8ccccc8)c7c6)cccc54)cc3)cc2)cc1. The fourth-order valence-electron chi connectivity index (χ4n) is 8.74. The third-order valence-electron chi connectivity index (χ3n) is 11.3. The Morgan fingerprint density at radius 3 is 1.47 bits per heavy atom. The minimum Gasteiger partial charge on any atom is -0.311 e. The molecule has 3 nitrogen and oxygen atoms in total. The van der Waals surface area contributed by atoms with Crippen LogP contribution in [-0.2, 0) is 0 Å². The highest BCUT2D eigenvalue weighted by atomic mass is 15.1. The maximum atomic E-state index is 2.42. The van der Waals surface area contributed by atoms with Crippen molar-refractivity contribution in [2.45, 2.75) is 0 Å². The van der Waals surface area contributed by atoms with Crippen molar-refractivity contribution in [3.63, 3.8) is 0 Å². The highest BCUT2D eigenvalue weighted by Crippen LogP contribution is 2.42. The van der Waals surface area contributed by atoms with Crippen LogP contribution >= 0.6 is 0 Å². The molecule has 11 rings (SSSR count). The molecule has 0 aliphatic rings. The van der Waals surface area contributed by atoms with Crippen LogP contribution in [-0.4, -0.2) is 9.13 Å². The summed E-state index contributed by atoms with van der Waals surface area (Å²) in [7, 11) is 0. The zero-order valence-corrected chi connectivity index (χ0v) is 31.2. The van der Waals surface area contributed by atoms with Gasteiger partial charge < -0.3 is 14.0 Å². The molecular formula is C54H37N3. The molecule has 0 aliphatic carbocycles. The molecule has 0 saturated carbocycles. The Morgan fingerprint density at radius 1 is 0.281 bits per heavy atom. The second-order valence-corrected chi connectivity index (χ2v) is 14.6. The van der Waals surface area contributed by atoms with Crippen LogP contribution in [0.1, 0.15) is 0 Å². The Labute approximate surface area is 331 Å². The van der Waals surface area contributed by atoms with Crippen molar-refractivity contribution in [3.05, 3.63) is 224 Å². The first-order valence-electron chi connectivity index (χ1n) is 19.5. The van der Waals surface area contributed by atoms with E-state index in [-0.39, 0.29) is 0 Å². The lowest BCUT2D eigenvalue weighted by molar-refractivity contribution is 1.17. The third-order valence-corrected chi connectivity index (χ3v) is 11.3. The summed E-state index contributed by atoms with van der Waals surface area (Å²) in [4.78, 5) is 2.33. The molecule has 2 heterocycles. The molecule has 0 saturated heterocycles. The first-order valence-corrected chi connectivity index (χ1v) is 19.5. The van der Waals surface area contributed by atoms with E-state index in [0.717, 1.165) is 28.4 Å². The van der Waals surface area contributed by atoms with Gasteiger partial charge in [0.25, 0.3) is 0 Å². The largest absolute Gasteiger partial charge is 0.311 e. The minimum atomic E-state index is 1.10. The predicted molar refractivity (Wildman–Crippen MR) is 241 cm³/mol. The van der Waals surface area contributed by atoms with Gasteiger partial charge in [-0.25, -0.2) is 0 Å². The molecule has 0 amide bonds. The molecule has 0 spiro atoms. The highest BCUT2D eigenvalue weighted by molar-refractivity contribution is 6.17. The molecule has 0 unspecified atom stereocenters. The molecule has 9 aromatic carbocycles. The topological polar surface area (TPSA) is 13.1 Å². The monoisotopic (exact) mass is 727 g/mol. The lowest BCUT2D eigenvalue weighted by Gasteiger charge is -2.26. The fourth-order valence-corrected chi connectivity index (χ4v) is 8.74. The van der Waals surface area contributed by atoms with E-state index in [2.05, 4.69) is 238 Å². The van der Waals surface area contributed by atoms with Gasteiger partial charge in [0.05, 0.1) is 22.1 Å². The van der Waals surface area contributed by atoms with Gasteiger partial charge in [-0.3, -0.25) is 0 Å². The Morgan fingerprint density at radius 2 is 0.754 bits per heavy atom. The smallest absolute Gasteiger partial charge is 0.0547 e. The van der Waals surface area contributed by atoms with Crippen molar-refractivity contribution in [1.29, 1.82) is 0 Å². The minimum absolute atomic E-state index is 1.10. The van der Waals surface area contributed by atoms with Gasteiger partial charge in [-0.2, -0.15) is 0 Å². The summed E-state index contributed by atoms with van der Waals surface area (Å²) in [6.07, 6.45) is 0. The molecular weight excluding hydrogens is 691 g/mol. The number of benzene rings is 9. The summed E-state index contributed by atoms with van der Waals surface area (Å²) < 4.78 is 4.81. The number of para-hydroxylation sites is 4. The van der Waals surface area contributed by atoms with Crippen molar-refractivity contribution >= 4 is 60.7 Å². The maximum Gasteiger partial charge on any atom is 0.0547 e. The average Bonchev–Trinajstić information content (AvgIpc) is 3.81. The summed E-state index contributed by atoms with van der Waals surface area (Å²) in [6, 6.07) is 81.0. The second kappa shape index (κ2) is 13.6. The van der Waals surface area contributed by atoms with Crippen LogP contribution in [0.2, 0.25) is 0 Å². The number of anilines is 3. The molecule has 11 aromatic rings. The first kappa shape index (κ1) is 32.8. The average molecular weight is 728 g/mol. The molecule has 57 heavy (non-hydrogen) atoms. The number of nitrogens with zero attached hydrogens (tertiary/aromatic N) is 3. The standard InChI is InChI=1S/C54H37N3/c1-4-15-38(16-5-1)39-27-30-43(31-28-39)55(41-17-6-2-7-18-41)44-32-34-45(35-33-44)56-51-25-13-11-22-49(51)54-46(23-14-26-52(54)56)40-29-36-48-47-21-10-12-24-50(47)57(53(48)37-40)42-19-8-3-9-20-42/h1-37H. The summed E-state index contributed by atoms with van der Waals surface area (Å²) in [5, 5.41) is 5.00. The van der Waals surface area contributed by atoms with Gasteiger partial charge in [0.15, 0.2) is 0 Å². The van der Waals surface area contributed by atoms with E-state index in [1.165, 1.54) is 65.9 Å². The molecule has 0 bridgehead atoms. The van der Waals surface area contributed by atoms with Gasteiger partial charge in [-0.15, -0.1) is 0 Å². The fraction of sp³-hybridized carbons (Fsp3) is 0. The van der Waals surface area contributed by atoms with Gasteiger partial charge in [-0.05, 0) is 107 Å². The van der Waals surface area contributed by atoms with Crippen LogP contribution in [0.4, 0.5) is 17.1 Å². The molecule has 0 atom stereocenters. The van der Waals surface area contributed by atoms with Crippen molar-refractivity contribution in [2.75, 3.05) is 4.90 Å². The van der Waals surface area contributed by atoms with E-state index in [0.29, 0.717) is 0 Å². The van der Waals surface area contributed by atoms with Crippen LogP contribution in [0.3, 0.4) is 0 Å². The predicted octanol–water partition coefficient (Wildman–Crippen LogP) is 14.7. The Hall–Kier alpha value is -7.62. The van der Waals surface area contributed by atoms with Crippen LogP contribution in [0.5, 0.6) is 0 Å². The number of hydrogen-bond donors (Lipinski definition) is 0. The molecule has 0 N–H and O–H groups in total. The molecule has 268 valence electrons. The number of aromatic nitrogens is 2. The van der Waals surface area contributed by atoms with E-state index in [1.807, 2.05) is 0 Å². The van der Waals surface area contributed by atoms with Crippen LogP contribution in [0.25, 0.3) is 77.2 Å². The summed E-state index contributed by atoms with van der Waals surface area (Å²) >= 11 is 0. The molecule has 2 aromatic heterocycles. The van der Waals surface area contributed by atoms with Crippen molar-refractivity contribution in [2.24, 2.45) is 0 Å². The summed E-state index contributed by atoms with van der Waals surface area (Å²) in [5.41, 5.74) is 15.2. The highest BCUT2D eigenvalue weighted by Gasteiger charge is 2.19. The zero-order chi connectivity index (χ0) is 37.7. The Bertz CT molecular complexity index is 3200. The molecule has 0 radical (unpaired) electrons. The normalized spacial score (nSPS) is 11.5. The quantitative estimate of drug-likeness (QED) is 0.159. The van der Waals surface area contributed by atoms with Crippen molar-refractivity contribution in [3.8, 4) is 33.6 Å². The molecule has 3 heteroatoms. The second-order valence-electron chi connectivity index (χ2n) is 14.6. The van der Waals surface area contributed by atoms with E-state index in [1.54, 1.807) is 0 Å². The van der Waals surface area contributed by atoms with E-state index in [9.17, 15) is 0 Å². The van der Waals surface area contributed by atoms with Gasteiger partial charge >= 0.3 is 0 Å². The van der Waals surface area contributed by atoms with Gasteiger partial charge in [0.1, 0.15) is 0 Å².